The Hall–Kier alpha value is -2.94. The summed E-state index contributed by atoms with van der Waals surface area (Å²) in [6.07, 6.45) is 1.69. The van der Waals surface area contributed by atoms with Crippen molar-refractivity contribution in [3.8, 4) is 0 Å². The van der Waals surface area contributed by atoms with Crippen LogP contribution in [0.4, 0.5) is 0 Å². The van der Waals surface area contributed by atoms with Gasteiger partial charge < -0.3 is 23.7 Å². The quantitative estimate of drug-likeness (QED) is 0.305. The molecule has 9 nitrogen and oxygen atoms in total. The summed E-state index contributed by atoms with van der Waals surface area (Å²) in [5, 5.41) is 0. The maximum Gasteiger partial charge on any atom is 0.345 e. The Kier molecular flexibility index (Phi) is 3.88. The third kappa shape index (κ3) is 1.82. The number of cyclic esters (lactones) is 2. The Balaban J connectivity index is 1.74. The van der Waals surface area contributed by atoms with Crippen molar-refractivity contribution >= 4 is 23.9 Å². The molecule has 0 amide bonds. The molecule has 9 heteroatoms. The maximum absolute atomic E-state index is 13.9. The Bertz CT molecular complexity index is 1260. The van der Waals surface area contributed by atoms with E-state index in [2.05, 4.69) is 13.2 Å². The van der Waals surface area contributed by atoms with Gasteiger partial charge >= 0.3 is 23.9 Å². The first-order valence-corrected chi connectivity index (χ1v) is 12.2. The van der Waals surface area contributed by atoms with Crippen LogP contribution in [0.15, 0.2) is 36.5 Å². The number of carbonyl (C=O) groups excluding carboxylic acids is 4. The Morgan fingerprint density at radius 3 is 2.28 bits per heavy atom. The zero-order valence-corrected chi connectivity index (χ0v) is 21.3. The third-order valence-corrected chi connectivity index (χ3v) is 10.4. The lowest BCUT2D eigenvalue weighted by molar-refractivity contribution is -0.239. The first kappa shape index (κ1) is 23.5. The Morgan fingerprint density at radius 1 is 1.00 bits per heavy atom. The fraction of sp³-hybridized carbons (Fsp3) is 0.630. The van der Waals surface area contributed by atoms with Gasteiger partial charge in [-0.2, -0.15) is 0 Å². The minimum absolute atomic E-state index is 0.291. The first-order valence-electron chi connectivity index (χ1n) is 12.2. The van der Waals surface area contributed by atoms with E-state index < -0.39 is 74.7 Å². The molecule has 4 heterocycles. The summed E-state index contributed by atoms with van der Waals surface area (Å²) >= 11 is 0. The molecule has 4 aliphatic heterocycles. The first-order chi connectivity index (χ1) is 16.5. The number of ether oxygens (including phenoxy) is 5. The molecule has 192 valence electrons. The standard InChI is InChI=1S/C27H30O9/c1-13-23(8)18(33-16(4)28)26-14(2)24(10-9-17(29)34-21(24,5)6)12-11-22(26,7)25(13)19(30)32-15(3)27(25,36-26)20(31)35-23/h9-10,15,18H,1-2,11-12H2,3-8H3. The number of hydrogen-bond acceptors (Lipinski definition) is 9. The van der Waals surface area contributed by atoms with Crippen LogP contribution in [0.3, 0.4) is 0 Å². The molecule has 6 aliphatic rings. The van der Waals surface area contributed by atoms with Gasteiger partial charge in [-0.25, -0.2) is 9.59 Å². The van der Waals surface area contributed by atoms with E-state index in [0.717, 1.165) is 0 Å². The second kappa shape index (κ2) is 5.96. The Morgan fingerprint density at radius 2 is 1.67 bits per heavy atom. The van der Waals surface area contributed by atoms with Gasteiger partial charge in [0, 0.05) is 18.4 Å². The molecular weight excluding hydrogens is 468 g/mol. The van der Waals surface area contributed by atoms with E-state index in [9.17, 15) is 19.2 Å². The molecule has 0 aromatic heterocycles. The van der Waals surface area contributed by atoms with E-state index >= 15 is 0 Å². The van der Waals surface area contributed by atoms with Gasteiger partial charge in [0.1, 0.15) is 22.7 Å². The lowest BCUT2D eigenvalue weighted by atomic mass is 9.35. The number of carbonyl (C=O) groups is 4. The van der Waals surface area contributed by atoms with Gasteiger partial charge in [-0.05, 0) is 51.7 Å². The van der Waals surface area contributed by atoms with Crippen molar-refractivity contribution in [1.29, 1.82) is 0 Å². The van der Waals surface area contributed by atoms with Gasteiger partial charge in [0.15, 0.2) is 11.7 Å². The van der Waals surface area contributed by atoms with Crippen LogP contribution >= 0.6 is 0 Å². The van der Waals surface area contributed by atoms with Crippen molar-refractivity contribution in [2.75, 3.05) is 0 Å². The summed E-state index contributed by atoms with van der Waals surface area (Å²) in [5.41, 5.74) is -9.02. The van der Waals surface area contributed by atoms with Crippen LogP contribution in [0.5, 0.6) is 0 Å². The minimum atomic E-state index is -1.85. The number of fused-ring (bicyclic) bond motifs is 1. The van der Waals surface area contributed by atoms with Crippen LogP contribution in [0, 0.1) is 16.2 Å². The van der Waals surface area contributed by atoms with Gasteiger partial charge in [0.25, 0.3) is 0 Å². The molecule has 8 atom stereocenters. The lowest BCUT2D eigenvalue weighted by Gasteiger charge is -2.67. The minimum Gasteiger partial charge on any atom is -0.458 e. The maximum atomic E-state index is 13.9. The summed E-state index contributed by atoms with van der Waals surface area (Å²) in [7, 11) is 0. The number of esters is 4. The van der Waals surface area contributed by atoms with Crippen molar-refractivity contribution in [1.82, 2.24) is 0 Å². The second-order valence-corrected chi connectivity index (χ2v) is 11.9. The van der Waals surface area contributed by atoms with Gasteiger partial charge in [-0.15, -0.1) is 0 Å². The fourth-order valence-electron chi connectivity index (χ4n) is 8.77. The second-order valence-electron chi connectivity index (χ2n) is 11.9. The zero-order chi connectivity index (χ0) is 26.5. The van der Waals surface area contributed by atoms with Gasteiger partial charge in [0.2, 0.25) is 5.60 Å². The molecule has 5 fully saturated rings. The van der Waals surface area contributed by atoms with Crippen LogP contribution in [0.2, 0.25) is 0 Å². The largest absolute Gasteiger partial charge is 0.458 e. The molecule has 3 saturated heterocycles. The fourth-order valence-corrected chi connectivity index (χ4v) is 8.77. The van der Waals surface area contributed by atoms with E-state index in [4.69, 9.17) is 23.7 Å². The lowest BCUT2D eigenvalue weighted by Crippen LogP contribution is -2.79. The average molecular weight is 499 g/mol. The van der Waals surface area contributed by atoms with Crippen LogP contribution in [0.25, 0.3) is 0 Å². The predicted octanol–water partition coefficient (Wildman–Crippen LogP) is 2.48. The summed E-state index contributed by atoms with van der Waals surface area (Å²) in [6.45, 7) is 18.7. The van der Waals surface area contributed by atoms with E-state index in [1.807, 2.05) is 6.92 Å². The number of rotatable bonds is 1. The predicted molar refractivity (Wildman–Crippen MR) is 122 cm³/mol. The number of hydrogen-bond donors (Lipinski definition) is 0. The average Bonchev–Trinajstić information content (AvgIpc) is 3.07. The van der Waals surface area contributed by atoms with E-state index in [1.165, 1.54) is 13.0 Å². The van der Waals surface area contributed by atoms with Gasteiger partial charge in [0.05, 0.1) is 5.41 Å². The van der Waals surface area contributed by atoms with Crippen molar-refractivity contribution in [2.45, 2.75) is 89.0 Å². The summed E-state index contributed by atoms with van der Waals surface area (Å²) in [6, 6.07) is 0. The highest BCUT2D eigenvalue weighted by Crippen LogP contribution is 2.84. The molecule has 6 rings (SSSR count). The summed E-state index contributed by atoms with van der Waals surface area (Å²) < 4.78 is 30.4. The highest BCUT2D eigenvalue weighted by molar-refractivity contribution is 6.02. The molecule has 2 saturated carbocycles. The zero-order valence-electron chi connectivity index (χ0n) is 21.3. The molecule has 0 aromatic rings. The highest BCUT2D eigenvalue weighted by Gasteiger charge is 2.99. The monoisotopic (exact) mass is 498 g/mol. The van der Waals surface area contributed by atoms with Gasteiger partial charge in [-0.1, -0.05) is 26.2 Å². The molecule has 0 N–H and O–H groups in total. The summed E-state index contributed by atoms with van der Waals surface area (Å²) in [5.74, 6) is -2.47. The van der Waals surface area contributed by atoms with Crippen LogP contribution in [-0.2, 0) is 42.9 Å². The Labute approximate surface area is 208 Å². The summed E-state index contributed by atoms with van der Waals surface area (Å²) in [4.78, 5) is 52.6. The van der Waals surface area contributed by atoms with E-state index in [0.29, 0.717) is 24.0 Å². The highest BCUT2D eigenvalue weighted by atomic mass is 16.7. The van der Waals surface area contributed by atoms with Crippen molar-refractivity contribution in [3.63, 3.8) is 0 Å². The molecular formula is C27H30O9. The molecule has 0 aromatic carbocycles. The topological polar surface area (TPSA) is 114 Å². The molecule has 2 spiro atoms. The smallest absolute Gasteiger partial charge is 0.345 e. The molecule has 2 aliphatic carbocycles. The van der Waals surface area contributed by atoms with Gasteiger partial charge in [-0.3, -0.25) is 9.59 Å². The normalized spacial score (nSPS) is 51.4. The molecule has 3 bridgehead atoms. The van der Waals surface area contributed by atoms with Crippen LogP contribution in [-0.4, -0.2) is 58.5 Å². The third-order valence-electron chi connectivity index (χ3n) is 10.4. The van der Waals surface area contributed by atoms with E-state index in [-0.39, 0.29) is 0 Å². The molecule has 0 radical (unpaired) electrons. The van der Waals surface area contributed by atoms with Crippen molar-refractivity contribution < 1.29 is 42.9 Å². The SMILES string of the molecule is C=C1C2(C=CC(=O)OC2(C)C)CCC2(C)C13OC14C(=O)OC(C)(C(=C)C12C(=O)OC4C)C3OC(C)=O. The van der Waals surface area contributed by atoms with Crippen molar-refractivity contribution in [2.24, 2.45) is 16.2 Å². The van der Waals surface area contributed by atoms with Crippen molar-refractivity contribution in [3.05, 3.63) is 36.5 Å². The van der Waals surface area contributed by atoms with Crippen LogP contribution < -0.4 is 0 Å². The van der Waals surface area contributed by atoms with E-state index in [1.54, 1.807) is 33.8 Å². The molecule has 8 unspecified atom stereocenters. The molecule has 36 heavy (non-hydrogen) atoms. The van der Waals surface area contributed by atoms with Crippen LogP contribution in [0.1, 0.15) is 54.4 Å².